The maximum Gasteiger partial charge on any atom is 0.223 e. The zero-order chi connectivity index (χ0) is 9.40. The molecule has 3 heteroatoms. The Morgan fingerprint density at radius 2 is 2.33 bits per heavy atom. The molecule has 0 spiro atoms. The van der Waals surface area contributed by atoms with Crippen molar-refractivity contribution >= 4 is 5.91 Å². The molecule has 0 saturated carbocycles. The number of amides is 1. The van der Waals surface area contributed by atoms with E-state index in [1.54, 1.807) is 6.92 Å². The molecule has 0 heterocycles. The predicted molar refractivity (Wildman–Crippen MR) is 49.3 cm³/mol. The molecule has 1 unspecified atom stereocenters. The maximum atomic E-state index is 11.2. The van der Waals surface area contributed by atoms with Gasteiger partial charge in [-0.25, -0.2) is 0 Å². The zero-order valence-corrected chi connectivity index (χ0v) is 7.68. The molecule has 1 atom stereocenters. The average Bonchev–Trinajstić information content (AvgIpc) is 2.05. The lowest BCUT2D eigenvalue weighted by Crippen LogP contribution is -2.30. The highest BCUT2D eigenvalue weighted by atomic mass is 16.1. The summed E-state index contributed by atoms with van der Waals surface area (Å²) in [5, 5.41) is 2.70. The van der Waals surface area contributed by atoms with Gasteiger partial charge in [0.15, 0.2) is 0 Å². The van der Waals surface area contributed by atoms with Crippen LogP contribution in [0.5, 0.6) is 0 Å². The Morgan fingerprint density at radius 1 is 1.67 bits per heavy atom. The van der Waals surface area contributed by atoms with Crippen LogP contribution in [-0.4, -0.2) is 19.0 Å². The third-order valence-electron chi connectivity index (χ3n) is 1.58. The predicted octanol–water partition coefficient (Wildman–Crippen LogP) is 0.111. The molecule has 12 heavy (non-hydrogen) atoms. The van der Waals surface area contributed by atoms with Crippen LogP contribution in [0.3, 0.4) is 0 Å². The molecule has 0 bridgehead atoms. The van der Waals surface area contributed by atoms with Gasteiger partial charge in [-0.05, 0) is 19.9 Å². The van der Waals surface area contributed by atoms with E-state index in [2.05, 4.69) is 17.2 Å². The Labute approximate surface area is 73.7 Å². The highest BCUT2D eigenvalue weighted by Gasteiger charge is 2.09. The summed E-state index contributed by atoms with van der Waals surface area (Å²) in [4.78, 5) is 11.2. The number of nitrogens with one attached hydrogen (secondary N) is 1. The van der Waals surface area contributed by atoms with Gasteiger partial charge in [-0.15, -0.1) is 5.92 Å². The van der Waals surface area contributed by atoms with Gasteiger partial charge in [0, 0.05) is 5.92 Å². The summed E-state index contributed by atoms with van der Waals surface area (Å²) in [5.41, 5.74) is 5.31. The molecule has 0 aromatic heterocycles. The van der Waals surface area contributed by atoms with Crippen molar-refractivity contribution in [2.45, 2.75) is 20.3 Å². The monoisotopic (exact) mass is 168 g/mol. The fourth-order valence-corrected chi connectivity index (χ4v) is 0.775. The van der Waals surface area contributed by atoms with Crippen LogP contribution in [-0.2, 0) is 4.79 Å². The molecule has 0 saturated heterocycles. The summed E-state index contributed by atoms with van der Waals surface area (Å²) >= 11 is 0. The first-order valence-electron chi connectivity index (χ1n) is 4.09. The van der Waals surface area contributed by atoms with Gasteiger partial charge in [-0.2, -0.15) is 0 Å². The van der Waals surface area contributed by atoms with Gasteiger partial charge in [-0.1, -0.05) is 12.8 Å². The Balaban J connectivity index is 3.61. The van der Waals surface area contributed by atoms with Crippen molar-refractivity contribution in [2.75, 3.05) is 13.1 Å². The first-order chi connectivity index (χ1) is 5.72. The molecule has 0 fully saturated rings. The second kappa shape index (κ2) is 6.68. The minimum Gasteiger partial charge on any atom is -0.345 e. The Morgan fingerprint density at radius 3 is 2.83 bits per heavy atom. The van der Waals surface area contributed by atoms with Crippen LogP contribution in [0, 0.1) is 17.8 Å². The Kier molecular flexibility index (Phi) is 6.12. The van der Waals surface area contributed by atoms with Crippen molar-refractivity contribution in [3.8, 4) is 11.8 Å². The lowest BCUT2D eigenvalue weighted by molar-refractivity contribution is -0.124. The molecule has 0 rings (SSSR count). The SMILES string of the molecule is CC#CCNC(=O)C(C)CCN. The highest BCUT2D eigenvalue weighted by molar-refractivity contribution is 5.78. The highest BCUT2D eigenvalue weighted by Crippen LogP contribution is 1.98. The molecule has 0 aliphatic heterocycles. The second-order valence-corrected chi connectivity index (χ2v) is 2.62. The number of hydrogen-bond donors (Lipinski definition) is 2. The van der Waals surface area contributed by atoms with E-state index >= 15 is 0 Å². The summed E-state index contributed by atoms with van der Waals surface area (Å²) < 4.78 is 0. The molecule has 3 N–H and O–H groups in total. The minimum absolute atomic E-state index is 0.00587. The van der Waals surface area contributed by atoms with E-state index < -0.39 is 0 Å². The van der Waals surface area contributed by atoms with E-state index in [0.29, 0.717) is 13.1 Å². The lowest BCUT2D eigenvalue weighted by atomic mass is 10.1. The normalized spacial score (nSPS) is 11.2. The maximum absolute atomic E-state index is 11.2. The average molecular weight is 168 g/mol. The van der Waals surface area contributed by atoms with Crippen molar-refractivity contribution in [3.05, 3.63) is 0 Å². The zero-order valence-electron chi connectivity index (χ0n) is 7.68. The van der Waals surface area contributed by atoms with E-state index in [0.717, 1.165) is 6.42 Å². The van der Waals surface area contributed by atoms with Crippen molar-refractivity contribution in [3.63, 3.8) is 0 Å². The fourth-order valence-electron chi connectivity index (χ4n) is 0.775. The third kappa shape index (κ3) is 4.75. The van der Waals surface area contributed by atoms with Crippen LogP contribution in [0.25, 0.3) is 0 Å². The Bertz CT molecular complexity index is 190. The standard InChI is InChI=1S/C9H16N2O/c1-3-4-7-11-9(12)8(2)5-6-10/h8H,5-7,10H2,1-2H3,(H,11,12). The van der Waals surface area contributed by atoms with E-state index in [4.69, 9.17) is 5.73 Å². The van der Waals surface area contributed by atoms with E-state index in [1.165, 1.54) is 0 Å². The van der Waals surface area contributed by atoms with Gasteiger partial charge < -0.3 is 11.1 Å². The Hall–Kier alpha value is -1.01. The summed E-state index contributed by atoms with van der Waals surface area (Å²) in [7, 11) is 0. The number of carbonyl (C=O) groups excluding carboxylic acids is 1. The topological polar surface area (TPSA) is 55.1 Å². The van der Waals surface area contributed by atoms with Gasteiger partial charge in [0.2, 0.25) is 5.91 Å². The van der Waals surface area contributed by atoms with Crippen molar-refractivity contribution in [2.24, 2.45) is 11.7 Å². The molecule has 3 nitrogen and oxygen atoms in total. The largest absolute Gasteiger partial charge is 0.345 e. The fraction of sp³-hybridized carbons (Fsp3) is 0.667. The summed E-state index contributed by atoms with van der Waals surface area (Å²) in [6, 6.07) is 0. The molecule has 0 radical (unpaired) electrons. The second-order valence-electron chi connectivity index (χ2n) is 2.62. The van der Waals surface area contributed by atoms with Crippen LogP contribution < -0.4 is 11.1 Å². The van der Waals surface area contributed by atoms with Crippen molar-refractivity contribution in [1.82, 2.24) is 5.32 Å². The number of nitrogens with two attached hydrogens (primary N) is 1. The molecular weight excluding hydrogens is 152 g/mol. The van der Waals surface area contributed by atoms with Crippen LogP contribution >= 0.6 is 0 Å². The lowest BCUT2D eigenvalue weighted by Gasteiger charge is -2.08. The van der Waals surface area contributed by atoms with Crippen LogP contribution in [0.15, 0.2) is 0 Å². The number of carbonyl (C=O) groups is 1. The van der Waals surface area contributed by atoms with Crippen LogP contribution in [0.4, 0.5) is 0 Å². The first-order valence-corrected chi connectivity index (χ1v) is 4.09. The molecule has 68 valence electrons. The van der Waals surface area contributed by atoms with Gasteiger partial charge in [0.1, 0.15) is 0 Å². The van der Waals surface area contributed by atoms with E-state index in [1.807, 2.05) is 6.92 Å². The third-order valence-corrected chi connectivity index (χ3v) is 1.58. The van der Waals surface area contributed by atoms with Crippen molar-refractivity contribution in [1.29, 1.82) is 0 Å². The van der Waals surface area contributed by atoms with Gasteiger partial charge in [0.25, 0.3) is 0 Å². The first kappa shape index (κ1) is 11.0. The molecule has 0 aromatic carbocycles. The quantitative estimate of drug-likeness (QED) is 0.585. The molecule has 0 aliphatic rings. The van der Waals surface area contributed by atoms with Crippen molar-refractivity contribution < 1.29 is 4.79 Å². The molecular formula is C9H16N2O. The molecule has 1 amide bonds. The van der Waals surface area contributed by atoms with Crippen LogP contribution in [0.1, 0.15) is 20.3 Å². The summed E-state index contributed by atoms with van der Waals surface area (Å²) in [6.45, 7) is 4.59. The molecule has 0 aliphatic carbocycles. The number of hydrogen-bond acceptors (Lipinski definition) is 2. The number of rotatable bonds is 4. The van der Waals surface area contributed by atoms with E-state index in [9.17, 15) is 4.79 Å². The summed E-state index contributed by atoms with van der Waals surface area (Å²) in [6.07, 6.45) is 0.728. The van der Waals surface area contributed by atoms with Gasteiger partial charge in [-0.3, -0.25) is 4.79 Å². The van der Waals surface area contributed by atoms with Crippen LogP contribution in [0.2, 0.25) is 0 Å². The van der Waals surface area contributed by atoms with Gasteiger partial charge in [0.05, 0.1) is 6.54 Å². The summed E-state index contributed by atoms with van der Waals surface area (Å²) in [5.74, 6) is 5.49. The van der Waals surface area contributed by atoms with Gasteiger partial charge >= 0.3 is 0 Å². The van der Waals surface area contributed by atoms with E-state index in [-0.39, 0.29) is 11.8 Å². The smallest absolute Gasteiger partial charge is 0.223 e. The molecule has 0 aromatic rings. The minimum atomic E-state index is -0.00587.